The Hall–Kier alpha value is -0.310. The molecule has 1 atom stereocenters. The molecule has 3 heteroatoms. The standard InChI is InChI=1S/C8H16O2S/c1-7(2)8(3)5-6-11(4,9)10/h5-8H,1-4H3/b6-5+/t8-/m1/s1. The van der Waals surface area contributed by atoms with E-state index in [-0.39, 0.29) is 0 Å². The third-order valence-electron chi connectivity index (χ3n) is 1.68. The van der Waals surface area contributed by atoms with Gasteiger partial charge in [-0.1, -0.05) is 26.8 Å². The Labute approximate surface area is 69.2 Å². The van der Waals surface area contributed by atoms with Gasteiger partial charge in [-0.05, 0) is 11.8 Å². The molecule has 0 saturated carbocycles. The van der Waals surface area contributed by atoms with E-state index < -0.39 is 9.84 Å². The molecule has 0 aromatic carbocycles. The molecule has 0 heterocycles. The average Bonchev–Trinajstić information content (AvgIpc) is 1.80. The summed E-state index contributed by atoms with van der Waals surface area (Å²) in [5.41, 5.74) is 0. The molecule has 0 spiro atoms. The maximum atomic E-state index is 10.7. The number of rotatable bonds is 3. The Morgan fingerprint density at radius 3 is 1.91 bits per heavy atom. The lowest BCUT2D eigenvalue weighted by Gasteiger charge is -2.08. The number of sulfone groups is 1. The molecule has 2 nitrogen and oxygen atoms in total. The minimum absolute atomic E-state index is 0.324. The zero-order valence-corrected chi connectivity index (χ0v) is 8.35. The Bertz CT molecular complexity index is 224. The van der Waals surface area contributed by atoms with Gasteiger partial charge in [0.1, 0.15) is 0 Å². The number of hydrogen-bond acceptors (Lipinski definition) is 2. The monoisotopic (exact) mass is 176 g/mol. The van der Waals surface area contributed by atoms with Crippen LogP contribution in [0.4, 0.5) is 0 Å². The molecule has 0 saturated heterocycles. The third kappa shape index (κ3) is 6.10. The lowest BCUT2D eigenvalue weighted by atomic mass is 9.99. The van der Waals surface area contributed by atoms with E-state index in [0.717, 1.165) is 0 Å². The second-order valence-corrected chi connectivity index (χ2v) is 5.19. The predicted octanol–water partition coefficient (Wildman–Crippen LogP) is 1.84. The molecule has 0 radical (unpaired) electrons. The van der Waals surface area contributed by atoms with Gasteiger partial charge in [0.15, 0.2) is 9.84 Å². The van der Waals surface area contributed by atoms with Crippen LogP contribution in [0.15, 0.2) is 11.5 Å². The molecule has 11 heavy (non-hydrogen) atoms. The largest absolute Gasteiger partial charge is 0.225 e. The Balaban J connectivity index is 4.15. The van der Waals surface area contributed by atoms with Crippen LogP contribution in [0.3, 0.4) is 0 Å². The first-order valence-corrected chi connectivity index (χ1v) is 5.66. The highest BCUT2D eigenvalue weighted by Crippen LogP contribution is 2.11. The van der Waals surface area contributed by atoms with Crippen molar-refractivity contribution < 1.29 is 8.42 Å². The van der Waals surface area contributed by atoms with E-state index in [1.54, 1.807) is 6.08 Å². The van der Waals surface area contributed by atoms with Gasteiger partial charge in [-0.3, -0.25) is 0 Å². The summed E-state index contributed by atoms with van der Waals surface area (Å²) in [6, 6.07) is 0. The SMILES string of the molecule is CC(C)[C@H](C)/C=C/S(C)(=O)=O. The molecule has 66 valence electrons. The highest BCUT2D eigenvalue weighted by atomic mass is 32.2. The molecule has 0 N–H and O–H groups in total. The van der Waals surface area contributed by atoms with Crippen molar-refractivity contribution in [3.8, 4) is 0 Å². The van der Waals surface area contributed by atoms with Gasteiger partial charge in [-0.25, -0.2) is 8.42 Å². The quantitative estimate of drug-likeness (QED) is 0.657. The average molecular weight is 176 g/mol. The van der Waals surface area contributed by atoms with Gasteiger partial charge in [0.05, 0.1) is 0 Å². The van der Waals surface area contributed by atoms with Crippen molar-refractivity contribution in [3.63, 3.8) is 0 Å². The van der Waals surface area contributed by atoms with E-state index in [4.69, 9.17) is 0 Å². The molecule has 0 aromatic rings. The van der Waals surface area contributed by atoms with E-state index >= 15 is 0 Å². The third-order valence-corrected chi connectivity index (χ3v) is 2.33. The van der Waals surface area contributed by atoms with Crippen molar-refractivity contribution in [2.24, 2.45) is 11.8 Å². The molecule has 0 aromatic heterocycles. The normalized spacial score (nSPS) is 16.1. The lowest BCUT2D eigenvalue weighted by Crippen LogP contribution is -2.00. The summed E-state index contributed by atoms with van der Waals surface area (Å²) in [7, 11) is -2.93. The Morgan fingerprint density at radius 2 is 1.64 bits per heavy atom. The molecule has 0 aliphatic heterocycles. The van der Waals surface area contributed by atoms with Gasteiger partial charge in [0.25, 0.3) is 0 Å². The first-order chi connectivity index (χ1) is 4.83. The number of allylic oxidation sites excluding steroid dienone is 1. The predicted molar refractivity (Wildman–Crippen MR) is 48.0 cm³/mol. The highest BCUT2D eigenvalue weighted by Gasteiger charge is 2.03. The van der Waals surface area contributed by atoms with Crippen LogP contribution in [-0.4, -0.2) is 14.7 Å². The van der Waals surface area contributed by atoms with Crippen molar-refractivity contribution in [3.05, 3.63) is 11.5 Å². The molecule has 0 aliphatic rings. The second kappa shape index (κ2) is 3.90. The van der Waals surface area contributed by atoms with Crippen LogP contribution in [0.2, 0.25) is 0 Å². The van der Waals surface area contributed by atoms with Crippen LogP contribution in [0.25, 0.3) is 0 Å². The van der Waals surface area contributed by atoms with Gasteiger partial charge in [0, 0.05) is 11.7 Å². The minimum Gasteiger partial charge on any atom is -0.225 e. The summed E-state index contributed by atoms with van der Waals surface area (Å²) in [5, 5.41) is 1.28. The van der Waals surface area contributed by atoms with Crippen molar-refractivity contribution in [1.82, 2.24) is 0 Å². The summed E-state index contributed by atoms with van der Waals surface area (Å²) in [5.74, 6) is 0.817. The summed E-state index contributed by atoms with van der Waals surface area (Å²) in [6.07, 6.45) is 2.94. The maximum absolute atomic E-state index is 10.7. The summed E-state index contributed by atoms with van der Waals surface area (Å²) >= 11 is 0. The van der Waals surface area contributed by atoms with Gasteiger partial charge >= 0.3 is 0 Å². The van der Waals surface area contributed by atoms with Crippen LogP contribution in [-0.2, 0) is 9.84 Å². The fourth-order valence-electron chi connectivity index (χ4n) is 0.489. The van der Waals surface area contributed by atoms with Gasteiger partial charge in [-0.15, -0.1) is 0 Å². The van der Waals surface area contributed by atoms with Gasteiger partial charge < -0.3 is 0 Å². The van der Waals surface area contributed by atoms with Crippen molar-refractivity contribution in [2.75, 3.05) is 6.26 Å². The van der Waals surface area contributed by atoms with Crippen molar-refractivity contribution in [1.29, 1.82) is 0 Å². The van der Waals surface area contributed by atoms with E-state index in [2.05, 4.69) is 13.8 Å². The van der Waals surface area contributed by atoms with Crippen LogP contribution >= 0.6 is 0 Å². The van der Waals surface area contributed by atoms with E-state index in [0.29, 0.717) is 11.8 Å². The zero-order valence-electron chi connectivity index (χ0n) is 7.53. The maximum Gasteiger partial charge on any atom is 0.168 e. The zero-order chi connectivity index (χ0) is 9.07. The second-order valence-electron chi connectivity index (χ2n) is 3.26. The molecule has 0 bridgehead atoms. The van der Waals surface area contributed by atoms with Crippen molar-refractivity contribution >= 4 is 9.84 Å². The first-order valence-electron chi connectivity index (χ1n) is 3.71. The first kappa shape index (κ1) is 10.7. The van der Waals surface area contributed by atoms with E-state index in [1.807, 2.05) is 6.92 Å². The van der Waals surface area contributed by atoms with Crippen LogP contribution in [0.1, 0.15) is 20.8 Å². The smallest absolute Gasteiger partial charge is 0.168 e. The molecule has 0 aliphatic carbocycles. The van der Waals surface area contributed by atoms with Crippen LogP contribution in [0.5, 0.6) is 0 Å². The summed E-state index contributed by atoms with van der Waals surface area (Å²) < 4.78 is 21.3. The Kier molecular flexibility index (Phi) is 3.79. The van der Waals surface area contributed by atoms with Gasteiger partial charge in [-0.2, -0.15) is 0 Å². The molecule has 0 amide bonds. The molecular formula is C8H16O2S. The van der Waals surface area contributed by atoms with E-state index in [9.17, 15) is 8.42 Å². The minimum atomic E-state index is -2.93. The molecule has 0 fully saturated rings. The Morgan fingerprint density at radius 1 is 1.18 bits per heavy atom. The molecular weight excluding hydrogens is 160 g/mol. The number of hydrogen-bond donors (Lipinski definition) is 0. The molecule has 0 unspecified atom stereocenters. The van der Waals surface area contributed by atoms with Crippen LogP contribution in [0, 0.1) is 11.8 Å². The van der Waals surface area contributed by atoms with Crippen molar-refractivity contribution in [2.45, 2.75) is 20.8 Å². The molecule has 0 rings (SSSR count). The van der Waals surface area contributed by atoms with Gasteiger partial charge in [0.2, 0.25) is 0 Å². The fourth-order valence-corrected chi connectivity index (χ4v) is 1.02. The van der Waals surface area contributed by atoms with Crippen LogP contribution < -0.4 is 0 Å². The summed E-state index contributed by atoms with van der Waals surface area (Å²) in [4.78, 5) is 0. The lowest BCUT2D eigenvalue weighted by molar-refractivity contribution is 0.504. The van der Waals surface area contributed by atoms with E-state index in [1.165, 1.54) is 11.7 Å². The topological polar surface area (TPSA) is 34.1 Å². The highest BCUT2D eigenvalue weighted by molar-refractivity contribution is 7.93. The summed E-state index contributed by atoms with van der Waals surface area (Å²) in [6.45, 7) is 6.14. The fraction of sp³-hybridized carbons (Fsp3) is 0.750.